The van der Waals surface area contributed by atoms with Gasteiger partial charge in [0.1, 0.15) is 5.65 Å². The molecule has 0 N–H and O–H groups in total. The highest BCUT2D eigenvalue weighted by Crippen LogP contribution is 2.29. The van der Waals surface area contributed by atoms with Gasteiger partial charge in [-0.2, -0.15) is 0 Å². The SMILES string of the molecule is O=C1CCCN1C(=O)CSc1nc2ccccc2c2nc3ccccc3n12. The summed E-state index contributed by atoms with van der Waals surface area (Å²) >= 11 is 1.35. The van der Waals surface area contributed by atoms with Gasteiger partial charge in [-0.1, -0.05) is 36.0 Å². The van der Waals surface area contributed by atoms with E-state index in [1.54, 1.807) is 0 Å². The van der Waals surface area contributed by atoms with Crippen molar-refractivity contribution < 1.29 is 9.59 Å². The maximum absolute atomic E-state index is 12.5. The van der Waals surface area contributed by atoms with E-state index >= 15 is 0 Å². The maximum atomic E-state index is 12.5. The molecule has 2 aromatic carbocycles. The van der Waals surface area contributed by atoms with E-state index in [4.69, 9.17) is 9.97 Å². The third-order valence-electron chi connectivity index (χ3n) is 4.81. The van der Waals surface area contributed by atoms with E-state index < -0.39 is 0 Å². The average molecular weight is 376 g/mol. The number of nitrogens with zero attached hydrogens (tertiary/aromatic N) is 4. The van der Waals surface area contributed by atoms with E-state index in [1.165, 1.54) is 16.7 Å². The molecule has 1 saturated heterocycles. The van der Waals surface area contributed by atoms with Crippen molar-refractivity contribution in [2.24, 2.45) is 0 Å². The van der Waals surface area contributed by atoms with Crippen LogP contribution >= 0.6 is 11.8 Å². The van der Waals surface area contributed by atoms with Crippen molar-refractivity contribution >= 4 is 51.2 Å². The molecular formula is C20H16N4O2S. The van der Waals surface area contributed by atoms with Gasteiger partial charge in [0.2, 0.25) is 11.8 Å². The predicted octanol–water partition coefficient (Wildman–Crippen LogP) is 3.28. The standard InChI is InChI=1S/C20H16N4O2S/c25-17-10-5-11-23(17)18(26)12-27-20-22-14-7-2-1-6-13(14)19-21-15-8-3-4-9-16(15)24(19)20/h1-4,6-9H,5,10-12H2. The van der Waals surface area contributed by atoms with Gasteiger partial charge >= 0.3 is 0 Å². The molecular weight excluding hydrogens is 360 g/mol. The lowest BCUT2D eigenvalue weighted by molar-refractivity contribution is -0.140. The van der Waals surface area contributed by atoms with Crippen molar-refractivity contribution in [1.82, 2.24) is 19.3 Å². The molecule has 0 saturated carbocycles. The zero-order valence-electron chi connectivity index (χ0n) is 14.5. The first-order chi connectivity index (χ1) is 13.2. The highest BCUT2D eigenvalue weighted by molar-refractivity contribution is 7.99. The minimum absolute atomic E-state index is 0.0784. The fraction of sp³-hybridized carbons (Fsp3) is 0.200. The summed E-state index contributed by atoms with van der Waals surface area (Å²) < 4.78 is 2.00. The average Bonchev–Trinajstić information content (AvgIpc) is 3.29. The monoisotopic (exact) mass is 376 g/mol. The topological polar surface area (TPSA) is 67.6 Å². The third-order valence-corrected chi connectivity index (χ3v) is 5.74. The lowest BCUT2D eigenvalue weighted by atomic mass is 10.2. The lowest BCUT2D eigenvalue weighted by Gasteiger charge is -2.13. The molecule has 6 nitrogen and oxygen atoms in total. The summed E-state index contributed by atoms with van der Waals surface area (Å²) in [7, 11) is 0. The second-order valence-electron chi connectivity index (χ2n) is 6.50. The summed E-state index contributed by atoms with van der Waals surface area (Å²) in [6.07, 6.45) is 1.21. The Bertz CT molecular complexity index is 1220. The van der Waals surface area contributed by atoms with Crippen LogP contribution in [0.4, 0.5) is 0 Å². The molecule has 0 atom stereocenters. The zero-order valence-corrected chi connectivity index (χ0v) is 15.3. The van der Waals surface area contributed by atoms with E-state index in [0.29, 0.717) is 18.1 Å². The summed E-state index contributed by atoms with van der Waals surface area (Å²) in [5.41, 5.74) is 3.51. The van der Waals surface area contributed by atoms with Crippen molar-refractivity contribution in [3.8, 4) is 0 Å². The van der Waals surface area contributed by atoms with Crippen LogP contribution in [0.15, 0.2) is 53.7 Å². The van der Waals surface area contributed by atoms with Gasteiger partial charge in [-0.05, 0) is 30.7 Å². The molecule has 27 heavy (non-hydrogen) atoms. The van der Waals surface area contributed by atoms with E-state index in [9.17, 15) is 9.59 Å². The van der Waals surface area contributed by atoms with E-state index in [0.717, 1.165) is 34.0 Å². The number of imide groups is 1. The largest absolute Gasteiger partial charge is 0.282 e. The molecule has 0 unspecified atom stereocenters. The second kappa shape index (κ2) is 6.35. The van der Waals surface area contributed by atoms with Gasteiger partial charge in [0.05, 0.1) is 22.3 Å². The molecule has 7 heteroatoms. The number of para-hydroxylation sites is 3. The van der Waals surface area contributed by atoms with Crippen LogP contribution < -0.4 is 0 Å². The maximum Gasteiger partial charge on any atom is 0.239 e. The number of amides is 2. The Morgan fingerprint density at radius 3 is 2.63 bits per heavy atom. The Labute approximate surface area is 159 Å². The lowest BCUT2D eigenvalue weighted by Crippen LogP contribution is -2.33. The number of aromatic nitrogens is 3. The van der Waals surface area contributed by atoms with Crippen LogP contribution in [0, 0.1) is 0 Å². The molecule has 134 valence electrons. The highest BCUT2D eigenvalue weighted by Gasteiger charge is 2.26. The molecule has 0 bridgehead atoms. The van der Waals surface area contributed by atoms with Gasteiger partial charge in [-0.3, -0.25) is 18.9 Å². The Balaban J connectivity index is 1.61. The van der Waals surface area contributed by atoms with Gasteiger partial charge in [0.25, 0.3) is 0 Å². The molecule has 5 rings (SSSR count). The fourth-order valence-corrected chi connectivity index (χ4v) is 4.41. The number of rotatable bonds is 3. The van der Waals surface area contributed by atoms with Crippen LogP contribution in [-0.4, -0.2) is 43.4 Å². The first-order valence-electron chi connectivity index (χ1n) is 8.84. The highest BCUT2D eigenvalue weighted by atomic mass is 32.2. The van der Waals surface area contributed by atoms with Crippen molar-refractivity contribution in [3.05, 3.63) is 48.5 Å². The molecule has 1 aliphatic heterocycles. The van der Waals surface area contributed by atoms with Crippen molar-refractivity contribution in [2.45, 2.75) is 18.0 Å². The number of imidazole rings is 1. The molecule has 2 amide bonds. The number of fused-ring (bicyclic) bond motifs is 5. The van der Waals surface area contributed by atoms with Gasteiger partial charge in [0, 0.05) is 18.4 Å². The zero-order chi connectivity index (χ0) is 18.4. The summed E-state index contributed by atoms with van der Waals surface area (Å²) in [6, 6.07) is 15.8. The number of thioether (sulfide) groups is 1. The number of carbonyl (C=O) groups is 2. The van der Waals surface area contributed by atoms with Crippen molar-refractivity contribution in [2.75, 3.05) is 12.3 Å². The van der Waals surface area contributed by atoms with E-state index in [1.807, 2.05) is 52.9 Å². The van der Waals surface area contributed by atoms with Crippen LogP contribution in [0.5, 0.6) is 0 Å². The number of benzene rings is 2. The Hall–Kier alpha value is -2.93. The van der Waals surface area contributed by atoms with E-state index in [2.05, 4.69) is 0 Å². The summed E-state index contributed by atoms with van der Waals surface area (Å²) in [4.78, 5) is 35.2. The molecule has 3 heterocycles. The quantitative estimate of drug-likeness (QED) is 0.405. The van der Waals surface area contributed by atoms with Gasteiger partial charge in [-0.15, -0.1) is 0 Å². The van der Waals surface area contributed by atoms with Gasteiger partial charge in [0.15, 0.2) is 5.16 Å². The normalized spacial score (nSPS) is 14.7. The van der Waals surface area contributed by atoms with Crippen LogP contribution in [0.25, 0.3) is 27.6 Å². The first kappa shape index (κ1) is 16.3. The van der Waals surface area contributed by atoms with Crippen LogP contribution in [0.3, 0.4) is 0 Å². The van der Waals surface area contributed by atoms with E-state index in [-0.39, 0.29) is 17.6 Å². The molecule has 0 radical (unpaired) electrons. The number of hydrogen-bond donors (Lipinski definition) is 0. The Kier molecular flexibility index (Phi) is 3.82. The first-order valence-corrected chi connectivity index (χ1v) is 9.83. The molecule has 4 aromatic rings. The molecule has 1 fully saturated rings. The minimum Gasteiger partial charge on any atom is -0.282 e. The summed E-state index contributed by atoms with van der Waals surface area (Å²) in [6.45, 7) is 0.521. The molecule has 2 aromatic heterocycles. The predicted molar refractivity (Wildman–Crippen MR) is 105 cm³/mol. The fourth-order valence-electron chi connectivity index (χ4n) is 3.53. The smallest absolute Gasteiger partial charge is 0.239 e. The van der Waals surface area contributed by atoms with Crippen LogP contribution in [-0.2, 0) is 9.59 Å². The molecule has 1 aliphatic rings. The van der Waals surface area contributed by atoms with Crippen LogP contribution in [0.1, 0.15) is 12.8 Å². The Morgan fingerprint density at radius 1 is 1.04 bits per heavy atom. The van der Waals surface area contributed by atoms with Crippen molar-refractivity contribution in [3.63, 3.8) is 0 Å². The second-order valence-corrected chi connectivity index (χ2v) is 7.44. The Morgan fingerprint density at radius 2 is 1.81 bits per heavy atom. The molecule has 0 spiro atoms. The summed E-state index contributed by atoms with van der Waals surface area (Å²) in [5, 5.41) is 1.68. The third kappa shape index (κ3) is 2.66. The number of carbonyl (C=O) groups excluding carboxylic acids is 2. The number of likely N-dealkylation sites (tertiary alicyclic amines) is 1. The summed E-state index contributed by atoms with van der Waals surface area (Å²) in [5.74, 6) is -0.0566. The minimum atomic E-state index is -0.157. The van der Waals surface area contributed by atoms with Gasteiger partial charge in [-0.25, -0.2) is 9.97 Å². The van der Waals surface area contributed by atoms with Crippen molar-refractivity contribution in [1.29, 1.82) is 0 Å². The number of hydrogen-bond acceptors (Lipinski definition) is 5. The molecule has 0 aliphatic carbocycles. The van der Waals surface area contributed by atoms with Crippen LogP contribution in [0.2, 0.25) is 0 Å². The van der Waals surface area contributed by atoms with Gasteiger partial charge < -0.3 is 0 Å².